The van der Waals surface area contributed by atoms with Gasteiger partial charge in [0.2, 0.25) is 0 Å². The van der Waals surface area contributed by atoms with Gasteiger partial charge >= 0.3 is 5.63 Å². The molecule has 0 aliphatic carbocycles. The van der Waals surface area contributed by atoms with Gasteiger partial charge in [-0.25, -0.2) is 4.79 Å². The molecule has 3 rings (SSSR count). The lowest BCUT2D eigenvalue weighted by molar-refractivity contribution is 0.304. The molecule has 0 saturated heterocycles. The Morgan fingerprint density at radius 2 is 1.91 bits per heavy atom. The van der Waals surface area contributed by atoms with E-state index in [0.29, 0.717) is 12.2 Å². The van der Waals surface area contributed by atoms with Crippen molar-refractivity contribution in [3.8, 4) is 5.75 Å². The van der Waals surface area contributed by atoms with Crippen LogP contribution in [0.3, 0.4) is 0 Å². The van der Waals surface area contributed by atoms with Gasteiger partial charge in [0.1, 0.15) is 17.9 Å². The molecule has 1 heterocycles. The third-order valence-corrected chi connectivity index (χ3v) is 3.78. The van der Waals surface area contributed by atoms with Gasteiger partial charge in [-0.1, -0.05) is 37.3 Å². The lowest BCUT2D eigenvalue weighted by Crippen LogP contribution is -2.04. The average molecular weight is 294 g/mol. The Morgan fingerprint density at radius 1 is 1.09 bits per heavy atom. The maximum atomic E-state index is 11.8. The van der Waals surface area contributed by atoms with E-state index < -0.39 is 0 Å². The maximum Gasteiger partial charge on any atom is 0.336 e. The van der Waals surface area contributed by atoms with Gasteiger partial charge in [0.05, 0.1) is 0 Å². The molecule has 112 valence electrons. The normalized spacial score (nSPS) is 10.8. The van der Waals surface area contributed by atoms with Crippen LogP contribution in [0.2, 0.25) is 0 Å². The number of aryl methyl sites for hydroxylation is 2. The van der Waals surface area contributed by atoms with Crippen molar-refractivity contribution in [2.45, 2.75) is 26.9 Å². The van der Waals surface area contributed by atoms with Crippen molar-refractivity contribution >= 4 is 11.0 Å². The Balaban J connectivity index is 1.96. The number of fused-ring (bicyclic) bond motifs is 1. The summed E-state index contributed by atoms with van der Waals surface area (Å²) >= 11 is 0. The Morgan fingerprint density at radius 3 is 2.68 bits per heavy atom. The summed E-state index contributed by atoms with van der Waals surface area (Å²) in [6, 6.07) is 15.3. The van der Waals surface area contributed by atoms with E-state index in [1.165, 1.54) is 6.07 Å². The standard InChI is InChI=1S/C19H18O3/c1-3-14-8-9-16-15(11-19(20)22-18(16)10-14)12-21-17-7-5-4-6-13(17)2/h4-11H,3,12H2,1-2H3. The van der Waals surface area contributed by atoms with Crippen LogP contribution in [0, 0.1) is 6.92 Å². The average Bonchev–Trinajstić information content (AvgIpc) is 2.53. The van der Waals surface area contributed by atoms with Gasteiger partial charge in [0.15, 0.2) is 0 Å². The molecule has 0 bridgehead atoms. The van der Waals surface area contributed by atoms with Crippen molar-refractivity contribution < 1.29 is 9.15 Å². The minimum atomic E-state index is -0.343. The summed E-state index contributed by atoms with van der Waals surface area (Å²) in [5.41, 5.74) is 3.34. The molecule has 3 aromatic rings. The molecule has 0 aliphatic rings. The first kappa shape index (κ1) is 14.4. The summed E-state index contributed by atoms with van der Waals surface area (Å²) in [5, 5.41) is 0.922. The summed E-state index contributed by atoms with van der Waals surface area (Å²) in [5.74, 6) is 0.828. The number of hydrogen-bond acceptors (Lipinski definition) is 3. The molecule has 0 spiro atoms. The molecule has 0 radical (unpaired) electrons. The van der Waals surface area contributed by atoms with Crippen LogP contribution in [0.25, 0.3) is 11.0 Å². The lowest BCUT2D eigenvalue weighted by Gasteiger charge is -2.10. The second-order valence-electron chi connectivity index (χ2n) is 5.33. The van der Waals surface area contributed by atoms with E-state index >= 15 is 0 Å². The van der Waals surface area contributed by atoms with Gasteiger partial charge in [0, 0.05) is 17.0 Å². The van der Waals surface area contributed by atoms with Gasteiger partial charge in [-0.15, -0.1) is 0 Å². The highest BCUT2D eigenvalue weighted by Crippen LogP contribution is 2.22. The molecule has 0 unspecified atom stereocenters. The molecule has 2 aromatic carbocycles. The SMILES string of the molecule is CCc1ccc2c(COc3ccccc3C)cc(=O)oc2c1. The highest BCUT2D eigenvalue weighted by molar-refractivity contribution is 5.80. The van der Waals surface area contributed by atoms with E-state index in [2.05, 4.69) is 13.0 Å². The van der Waals surface area contributed by atoms with E-state index in [1.54, 1.807) is 0 Å². The van der Waals surface area contributed by atoms with Crippen molar-refractivity contribution in [1.29, 1.82) is 0 Å². The molecule has 0 aliphatic heterocycles. The zero-order valence-corrected chi connectivity index (χ0v) is 12.8. The van der Waals surface area contributed by atoms with Gasteiger partial charge < -0.3 is 9.15 Å². The first-order valence-electron chi connectivity index (χ1n) is 7.41. The van der Waals surface area contributed by atoms with E-state index in [0.717, 1.165) is 34.2 Å². The fourth-order valence-electron chi connectivity index (χ4n) is 2.49. The number of para-hydroxylation sites is 1. The number of rotatable bonds is 4. The molecule has 0 saturated carbocycles. The smallest absolute Gasteiger partial charge is 0.336 e. The minimum Gasteiger partial charge on any atom is -0.489 e. The lowest BCUT2D eigenvalue weighted by atomic mass is 10.1. The summed E-state index contributed by atoms with van der Waals surface area (Å²) in [6.45, 7) is 4.42. The molecule has 3 nitrogen and oxygen atoms in total. The molecule has 0 atom stereocenters. The van der Waals surface area contributed by atoms with Crippen molar-refractivity contribution in [2.24, 2.45) is 0 Å². The predicted octanol–water partition coefficient (Wildman–Crippen LogP) is 4.24. The largest absolute Gasteiger partial charge is 0.489 e. The Hall–Kier alpha value is -2.55. The fraction of sp³-hybridized carbons (Fsp3) is 0.211. The van der Waals surface area contributed by atoms with Crippen LogP contribution in [0.5, 0.6) is 5.75 Å². The molecular weight excluding hydrogens is 276 g/mol. The molecule has 0 N–H and O–H groups in total. The zero-order valence-electron chi connectivity index (χ0n) is 12.8. The second kappa shape index (κ2) is 6.06. The molecule has 3 heteroatoms. The van der Waals surface area contributed by atoms with Gasteiger partial charge in [0.25, 0.3) is 0 Å². The van der Waals surface area contributed by atoms with Crippen LogP contribution >= 0.6 is 0 Å². The van der Waals surface area contributed by atoms with Crippen molar-refractivity contribution in [3.05, 3.63) is 75.6 Å². The number of hydrogen-bond donors (Lipinski definition) is 0. The second-order valence-corrected chi connectivity index (χ2v) is 5.33. The van der Waals surface area contributed by atoms with E-state index in [9.17, 15) is 4.79 Å². The van der Waals surface area contributed by atoms with Crippen molar-refractivity contribution in [3.63, 3.8) is 0 Å². The molecule has 0 amide bonds. The van der Waals surface area contributed by atoms with E-state index in [-0.39, 0.29) is 5.63 Å². The van der Waals surface area contributed by atoms with Crippen LogP contribution < -0.4 is 10.4 Å². The summed E-state index contributed by atoms with van der Waals surface area (Å²) < 4.78 is 11.2. The topological polar surface area (TPSA) is 39.4 Å². The van der Waals surface area contributed by atoms with Crippen molar-refractivity contribution in [2.75, 3.05) is 0 Å². The van der Waals surface area contributed by atoms with Crippen LogP contribution in [0.1, 0.15) is 23.6 Å². The Kier molecular flexibility index (Phi) is 3.96. The summed E-state index contributed by atoms with van der Waals surface area (Å²) in [6.07, 6.45) is 0.906. The van der Waals surface area contributed by atoms with Gasteiger partial charge in [-0.3, -0.25) is 0 Å². The third-order valence-electron chi connectivity index (χ3n) is 3.78. The highest BCUT2D eigenvalue weighted by atomic mass is 16.5. The first-order chi connectivity index (χ1) is 10.7. The van der Waals surface area contributed by atoms with Crippen molar-refractivity contribution in [1.82, 2.24) is 0 Å². The maximum absolute atomic E-state index is 11.8. The molecular formula is C19H18O3. The molecule has 22 heavy (non-hydrogen) atoms. The summed E-state index contributed by atoms with van der Waals surface area (Å²) in [4.78, 5) is 11.8. The molecule has 0 fully saturated rings. The Bertz CT molecular complexity index is 862. The van der Waals surface area contributed by atoms with E-state index in [4.69, 9.17) is 9.15 Å². The minimum absolute atomic E-state index is 0.343. The highest BCUT2D eigenvalue weighted by Gasteiger charge is 2.08. The Labute approximate surface area is 129 Å². The fourth-order valence-corrected chi connectivity index (χ4v) is 2.49. The zero-order chi connectivity index (χ0) is 15.5. The third kappa shape index (κ3) is 2.89. The van der Waals surface area contributed by atoms with E-state index in [1.807, 2.05) is 43.3 Å². The van der Waals surface area contributed by atoms with Crippen LogP contribution in [-0.4, -0.2) is 0 Å². The quantitative estimate of drug-likeness (QED) is 0.675. The first-order valence-corrected chi connectivity index (χ1v) is 7.41. The number of ether oxygens (including phenoxy) is 1. The predicted molar refractivity (Wildman–Crippen MR) is 87.4 cm³/mol. The van der Waals surface area contributed by atoms with Crippen LogP contribution in [-0.2, 0) is 13.0 Å². The number of benzene rings is 2. The van der Waals surface area contributed by atoms with Gasteiger partial charge in [-0.05, 0) is 36.6 Å². The van der Waals surface area contributed by atoms with Crippen LogP contribution in [0.4, 0.5) is 0 Å². The molecule has 1 aromatic heterocycles. The summed E-state index contributed by atoms with van der Waals surface area (Å²) in [7, 11) is 0. The van der Waals surface area contributed by atoms with Crippen LogP contribution in [0.15, 0.2) is 57.7 Å². The van der Waals surface area contributed by atoms with Gasteiger partial charge in [-0.2, -0.15) is 0 Å². The monoisotopic (exact) mass is 294 g/mol.